The van der Waals surface area contributed by atoms with Gasteiger partial charge in [0, 0.05) is 5.41 Å². The van der Waals surface area contributed by atoms with Crippen LogP contribution in [0.1, 0.15) is 68.7 Å². The molecule has 0 aliphatic heterocycles. The summed E-state index contributed by atoms with van der Waals surface area (Å²) in [5, 5.41) is 0. The van der Waals surface area contributed by atoms with Crippen LogP contribution in [0.25, 0.3) is 0 Å². The molecule has 0 heteroatoms. The second-order valence-electron chi connectivity index (χ2n) is 7.37. The molecule has 0 bridgehead atoms. The predicted octanol–water partition coefficient (Wildman–Crippen LogP) is 6.31. The van der Waals surface area contributed by atoms with Crippen LogP contribution in [0, 0.1) is 5.92 Å². The van der Waals surface area contributed by atoms with Gasteiger partial charge in [0.1, 0.15) is 0 Å². The van der Waals surface area contributed by atoms with Gasteiger partial charge in [-0.25, -0.2) is 0 Å². The van der Waals surface area contributed by atoms with E-state index in [0.29, 0.717) is 0 Å². The van der Waals surface area contributed by atoms with E-state index in [1.165, 1.54) is 47.9 Å². The van der Waals surface area contributed by atoms with E-state index in [9.17, 15) is 0 Å². The highest BCUT2D eigenvalue weighted by molar-refractivity contribution is 5.43. The van der Waals surface area contributed by atoms with E-state index in [1.807, 2.05) is 0 Å². The van der Waals surface area contributed by atoms with Crippen LogP contribution in [-0.2, 0) is 18.3 Å². The van der Waals surface area contributed by atoms with Crippen LogP contribution in [0.4, 0.5) is 0 Å². The molecule has 3 rings (SSSR count). The Hall–Kier alpha value is -1.56. The summed E-state index contributed by atoms with van der Waals surface area (Å²) in [6, 6.07) is 18.7. The average molecular weight is 306 g/mol. The van der Waals surface area contributed by atoms with Crippen LogP contribution in [0.5, 0.6) is 0 Å². The summed E-state index contributed by atoms with van der Waals surface area (Å²) in [6.07, 6.45) is 7.49. The fourth-order valence-corrected chi connectivity index (χ4v) is 4.18. The molecule has 1 aliphatic carbocycles. The minimum absolute atomic E-state index is 0.225. The lowest BCUT2D eigenvalue weighted by Gasteiger charge is -2.41. The first kappa shape index (κ1) is 16.3. The lowest BCUT2D eigenvalue weighted by Crippen LogP contribution is -2.32. The number of aryl methyl sites for hydroxylation is 2. The van der Waals surface area contributed by atoms with E-state index in [-0.39, 0.29) is 5.41 Å². The van der Waals surface area contributed by atoms with Crippen LogP contribution in [0.15, 0.2) is 48.5 Å². The van der Waals surface area contributed by atoms with E-state index in [2.05, 4.69) is 69.3 Å². The molecular weight excluding hydrogens is 276 g/mol. The molecule has 23 heavy (non-hydrogen) atoms. The lowest BCUT2D eigenvalue weighted by molar-refractivity contribution is 0.280. The molecule has 1 fully saturated rings. The Kier molecular flexibility index (Phi) is 4.90. The highest BCUT2D eigenvalue weighted by Gasteiger charge is 2.37. The Morgan fingerprint density at radius 3 is 1.74 bits per heavy atom. The highest BCUT2D eigenvalue weighted by Crippen LogP contribution is 2.46. The number of benzene rings is 2. The van der Waals surface area contributed by atoms with E-state index < -0.39 is 0 Å². The lowest BCUT2D eigenvalue weighted by atomic mass is 9.63. The van der Waals surface area contributed by atoms with Crippen molar-refractivity contribution in [1.82, 2.24) is 0 Å². The molecule has 2 aromatic carbocycles. The number of rotatable bonds is 4. The van der Waals surface area contributed by atoms with E-state index in [1.54, 1.807) is 0 Å². The third-order valence-corrected chi connectivity index (χ3v) is 5.90. The van der Waals surface area contributed by atoms with Gasteiger partial charge in [-0.15, -0.1) is 0 Å². The third kappa shape index (κ3) is 3.22. The van der Waals surface area contributed by atoms with Gasteiger partial charge >= 0.3 is 0 Å². The van der Waals surface area contributed by atoms with E-state index >= 15 is 0 Å². The van der Waals surface area contributed by atoms with Gasteiger partial charge in [0.15, 0.2) is 0 Å². The Morgan fingerprint density at radius 1 is 0.826 bits per heavy atom. The Labute approximate surface area is 141 Å². The van der Waals surface area contributed by atoms with Crippen molar-refractivity contribution in [2.45, 2.75) is 64.7 Å². The molecule has 0 radical (unpaired) electrons. The molecule has 0 amide bonds. The van der Waals surface area contributed by atoms with Crippen molar-refractivity contribution in [3.05, 3.63) is 70.8 Å². The first-order valence-corrected chi connectivity index (χ1v) is 9.37. The molecule has 0 heterocycles. The van der Waals surface area contributed by atoms with Gasteiger partial charge in [0.05, 0.1) is 0 Å². The summed E-state index contributed by atoms with van der Waals surface area (Å²) in [6.45, 7) is 6.92. The zero-order valence-corrected chi connectivity index (χ0v) is 14.9. The third-order valence-electron chi connectivity index (χ3n) is 5.90. The van der Waals surface area contributed by atoms with Crippen LogP contribution < -0.4 is 0 Å². The summed E-state index contributed by atoms with van der Waals surface area (Å²) >= 11 is 0. The van der Waals surface area contributed by atoms with Crippen molar-refractivity contribution in [2.75, 3.05) is 0 Å². The minimum Gasteiger partial charge on any atom is -0.0625 e. The normalized spacial score (nSPS) is 18.0. The van der Waals surface area contributed by atoms with Crippen molar-refractivity contribution in [3.8, 4) is 0 Å². The quantitative estimate of drug-likeness (QED) is 0.621. The van der Waals surface area contributed by atoms with Crippen LogP contribution in [-0.4, -0.2) is 0 Å². The average Bonchev–Trinajstić information content (AvgIpc) is 2.62. The van der Waals surface area contributed by atoms with Crippen molar-refractivity contribution in [1.29, 1.82) is 0 Å². The van der Waals surface area contributed by atoms with Gasteiger partial charge in [-0.1, -0.05) is 69.3 Å². The molecule has 0 nitrogen and oxygen atoms in total. The summed E-state index contributed by atoms with van der Waals surface area (Å²) in [7, 11) is 0. The standard InChI is InChI=1S/C23H30/c1-4-19-8-6-10-21(16-19)23(14-12-18(3)13-15-23)22-11-7-9-20(5-2)17-22/h6-11,16-18H,4-5,12-15H2,1-3H3. The molecule has 0 aromatic heterocycles. The summed E-state index contributed by atoms with van der Waals surface area (Å²) in [5.74, 6) is 0.867. The topological polar surface area (TPSA) is 0 Å². The van der Waals surface area contributed by atoms with Crippen molar-refractivity contribution in [3.63, 3.8) is 0 Å². The maximum Gasteiger partial charge on any atom is 0.0203 e. The van der Waals surface area contributed by atoms with Crippen molar-refractivity contribution in [2.24, 2.45) is 5.92 Å². The highest BCUT2D eigenvalue weighted by atomic mass is 14.4. The maximum absolute atomic E-state index is 2.47. The Morgan fingerprint density at radius 2 is 1.30 bits per heavy atom. The second kappa shape index (κ2) is 6.91. The maximum atomic E-state index is 2.47. The smallest absolute Gasteiger partial charge is 0.0203 e. The van der Waals surface area contributed by atoms with Gasteiger partial charge in [-0.3, -0.25) is 0 Å². The van der Waals surface area contributed by atoms with Crippen molar-refractivity contribution < 1.29 is 0 Å². The van der Waals surface area contributed by atoms with Crippen LogP contribution in [0.2, 0.25) is 0 Å². The summed E-state index contributed by atoms with van der Waals surface area (Å²) in [4.78, 5) is 0. The predicted molar refractivity (Wildman–Crippen MR) is 100 cm³/mol. The van der Waals surface area contributed by atoms with E-state index in [4.69, 9.17) is 0 Å². The zero-order chi connectivity index (χ0) is 16.3. The first-order chi connectivity index (χ1) is 11.2. The molecule has 122 valence electrons. The second-order valence-corrected chi connectivity index (χ2v) is 7.37. The molecule has 0 atom stereocenters. The van der Waals surface area contributed by atoms with Crippen molar-refractivity contribution >= 4 is 0 Å². The number of hydrogen-bond acceptors (Lipinski definition) is 0. The molecule has 0 unspecified atom stereocenters. The fraction of sp³-hybridized carbons (Fsp3) is 0.478. The SMILES string of the molecule is CCc1cccc(C2(c3cccc(CC)c3)CCC(C)CC2)c1. The largest absolute Gasteiger partial charge is 0.0625 e. The number of hydrogen-bond donors (Lipinski definition) is 0. The van der Waals surface area contributed by atoms with E-state index in [0.717, 1.165) is 18.8 Å². The van der Waals surface area contributed by atoms with Crippen LogP contribution in [0.3, 0.4) is 0 Å². The van der Waals surface area contributed by atoms with Crippen LogP contribution >= 0.6 is 0 Å². The molecule has 0 saturated heterocycles. The minimum atomic E-state index is 0.225. The molecule has 1 aliphatic rings. The molecular formula is C23H30. The first-order valence-electron chi connectivity index (χ1n) is 9.37. The molecule has 0 N–H and O–H groups in total. The Bertz CT molecular complexity index is 595. The summed E-state index contributed by atoms with van der Waals surface area (Å²) < 4.78 is 0. The van der Waals surface area contributed by atoms with Gasteiger partial charge in [-0.05, 0) is 66.7 Å². The fourth-order valence-electron chi connectivity index (χ4n) is 4.18. The summed E-state index contributed by atoms with van der Waals surface area (Å²) in [5.41, 5.74) is 6.23. The zero-order valence-electron chi connectivity index (χ0n) is 14.9. The van der Waals surface area contributed by atoms with Gasteiger partial charge in [0.25, 0.3) is 0 Å². The molecule has 2 aromatic rings. The van der Waals surface area contributed by atoms with Gasteiger partial charge < -0.3 is 0 Å². The van der Waals surface area contributed by atoms with Gasteiger partial charge in [0.2, 0.25) is 0 Å². The van der Waals surface area contributed by atoms with Gasteiger partial charge in [-0.2, -0.15) is 0 Å². The Balaban J connectivity index is 2.10. The monoisotopic (exact) mass is 306 g/mol. The molecule has 0 spiro atoms. The molecule has 1 saturated carbocycles.